The molecule has 2 aromatic carbocycles. The molecule has 1 aromatic heterocycles. The zero-order valence-corrected chi connectivity index (χ0v) is 14.7. The highest BCUT2D eigenvalue weighted by Crippen LogP contribution is 2.23. The van der Waals surface area contributed by atoms with Gasteiger partial charge in [0, 0.05) is 17.9 Å². The number of anilines is 2. The number of carboxylic acids is 1. The molecule has 1 heterocycles. The molecule has 0 atom stereocenters. The van der Waals surface area contributed by atoms with Crippen molar-refractivity contribution < 1.29 is 9.90 Å². The van der Waals surface area contributed by atoms with Gasteiger partial charge in [0.1, 0.15) is 5.82 Å². The number of carbonyl (C=O) groups is 1. The van der Waals surface area contributed by atoms with Gasteiger partial charge in [-0.15, -0.1) is 6.42 Å². The van der Waals surface area contributed by atoms with Crippen molar-refractivity contribution in [2.75, 3.05) is 17.2 Å². The summed E-state index contributed by atoms with van der Waals surface area (Å²) in [5, 5.41) is 9.61. The Kier molecular flexibility index (Phi) is 4.81. The third kappa shape index (κ3) is 3.75. The van der Waals surface area contributed by atoms with Gasteiger partial charge in [-0.1, -0.05) is 12.0 Å². The van der Waals surface area contributed by atoms with Crippen molar-refractivity contribution in [3.05, 3.63) is 63.7 Å². The largest absolute Gasteiger partial charge is 0.478 e. The fraction of sp³-hybridized carbons (Fsp3) is 0.150. The molecule has 0 saturated carbocycles. The lowest BCUT2D eigenvalue weighted by molar-refractivity contribution is 0.0698. The van der Waals surface area contributed by atoms with E-state index in [1.807, 2.05) is 11.0 Å². The molecule has 0 fully saturated rings. The van der Waals surface area contributed by atoms with E-state index in [4.69, 9.17) is 17.3 Å². The summed E-state index contributed by atoms with van der Waals surface area (Å²) in [6.07, 6.45) is 5.49. The Hall–Kier alpha value is -3.79. The summed E-state index contributed by atoms with van der Waals surface area (Å²) in [5.41, 5.74) is 8.05. The zero-order chi connectivity index (χ0) is 19.6. The summed E-state index contributed by atoms with van der Waals surface area (Å²) in [4.78, 5) is 32.2. The normalized spacial score (nSPS) is 10.5. The Morgan fingerprint density at radius 2 is 2.11 bits per heavy atom. The Morgan fingerprint density at radius 1 is 1.33 bits per heavy atom. The Morgan fingerprint density at radius 3 is 2.78 bits per heavy atom. The van der Waals surface area contributed by atoms with E-state index in [0.29, 0.717) is 35.5 Å². The van der Waals surface area contributed by atoms with Crippen LogP contribution < -0.4 is 16.2 Å². The van der Waals surface area contributed by atoms with Crippen molar-refractivity contribution in [3.8, 4) is 12.3 Å². The summed E-state index contributed by atoms with van der Waals surface area (Å²) in [6.45, 7) is 2.46. The fourth-order valence-electron chi connectivity index (χ4n) is 2.91. The van der Waals surface area contributed by atoms with Crippen LogP contribution in [0.4, 0.5) is 11.4 Å². The first-order valence-electron chi connectivity index (χ1n) is 8.20. The molecule has 3 aromatic rings. The number of H-pyrrole nitrogens is 1. The van der Waals surface area contributed by atoms with Crippen LogP contribution >= 0.6 is 0 Å². The number of aromatic nitrogens is 2. The number of hydrogen-bond acceptors (Lipinski definition) is 5. The summed E-state index contributed by atoms with van der Waals surface area (Å²) in [6, 6.07) is 10.2. The van der Waals surface area contributed by atoms with Crippen LogP contribution in [-0.2, 0) is 6.54 Å². The van der Waals surface area contributed by atoms with Gasteiger partial charge >= 0.3 is 5.97 Å². The predicted molar refractivity (Wildman–Crippen MR) is 105 cm³/mol. The van der Waals surface area contributed by atoms with E-state index in [-0.39, 0.29) is 16.8 Å². The van der Waals surface area contributed by atoms with Gasteiger partial charge in [-0.05, 0) is 42.8 Å². The number of carboxylic acid groups (broad SMARTS) is 1. The SMILES string of the molecule is C#CCN(Cc1ccc2nc(C)[nH]c(=O)c2c1)c1ccc(C(=O)O)c(N)c1. The topological polar surface area (TPSA) is 112 Å². The molecular weight excluding hydrogens is 344 g/mol. The molecule has 0 aliphatic heterocycles. The molecule has 3 rings (SSSR count). The number of aromatic amines is 1. The molecule has 7 heteroatoms. The average Bonchev–Trinajstić information content (AvgIpc) is 2.61. The second kappa shape index (κ2) is 7.22. The quantitative estimate of drug-likeness (QED) is 0.474. The third-order valence-corrected chi connectivity index (χ3v) is 4.17. The van der Waals surface area contributed by atoms with Crippen LogP contribution in [0, 0.1) is 19.3 Å². The minimum Gasteiger partial charge on any atom is -0.478 e. The smallest absolute Gasteiger partial charge is 0.337 e. The number of nitrogen functional groups attached to an aromatic ring is 1. The number of hydrogen-bond donors (Lipinski definition) is 3. The van der Waals surface area contributed by atoms with Crippen LogP contribution in [0.5, 0.6) is 0 Å². The first kappa shape index (κ1) is 18.0. The van der Waals surface area contributed by atoms with E-state index in [0.717, 1.165) is 5.56 Å². The monoisotopic (exact) mass is 362 g/mol. The van der Waals surface area contributed by atoms with E-state index < -0.39 is 5.97 Å². The molecule has 0 radical (unpaired) electrons. The van der Waals surface area contributed by atoms with Crippen molar-refractivity contribution in [1.29, 1.82) is 0 Å². The molecule has 0 saturated heterocycles. The molecule has 7 nitrogen and oxygen atoms in total. The molecule has 0 bridgehead atoms. The minimum absolute atomic E-state index is 0.0399. The van der Waals surface area contributed by atoms with Gasteiger partial charge in [0.15, 0.2) is 0 Å². The van der Waals surface area contributed by atoms with E-state index >= 15 is 0 Å². The van der Waals surface area contributed by atoms with Gasteiger partial charge in [-0.2, -0.15) is 0 Å². The molecule has 4 N–H and O–H groups in total. The number of terminal acetylenes is 1. The lowest BCUT2D eigenvalue weighted by atomic mass is 10.1. The number of aryl methyl sites for hydroxylation is 1. The summed E-state index contributed by atoms with van der Waals surface area (Å²) in [7, 11) is 0. The van der Waals surface area contributed by atoms with Crippen LogP contribution in [0.3, 0.4) is 0 Å². The number of fused-ring (bicyclic) bond motifs is 1. The van der Waals surface area contributed by atoms with E-state index in [9.17, 15) is 9.59 Å². The number of rotatable bonds is 5. The second-order valence-corrected chi connectivity index (χ2v) is 6.14. The van der Waals surface area contributed by atoms with Crippen molar-refractivity contribution >= 4 is 28.2 Å². The Labute approximate surface area is 155 Å². The van der Waals surface area contributed by atoms with Gasteiger partial charge in [0.25, 0.3) is 5.56 Å². The van der Waals surface area contributed by atoms with Crippen LogP contribution in [0.25, 0.3) is 10.9 Å². The number of benzene rings is 2. The van der Waals surface area contributed by atoms with Gasteiger partial charge in [0.2, 0.25) is 0 Å². The minimum atomic E-state index is -1.08. The van der Waals surface area contributed by atoms with Crippen molar-refractivity contribution in [2.24, 2.45) is 0 Å². The summed E-state index contributed by atoms with van der Waals surface area (Å²) < 4.78 is 0. The summed E-state index contributed by atoms with van der Waals surface area (Å²) >= 11 is 0. The molecule has 0 spiro atoms. The highest BCUT2D eigenvalue weighted by atomic mass is 16.4. The van der Waals surface area contributed by atoms with Crippen molar-refractivity contribution in [1.82, 2.24) is 9.97 Å². The van der Waals surface area contributed by atoms with Crippen LogP contribution in [0.1, 0.15) is 21.7 Å². The first-order valence-corrected chi connectivity index (χ1v) is 8.20. The summed E-state index contributed by atoms with van der Waals surface area (Å²) in [5.74, 6) is 2.06. The van der Waals surface area contributed by atoms with Crippen LogP contribution in [0.2, 0.25) is 0 Å². The molecule has 136 valence electrons. The second-order valence-electron chi connectivity index (χ2n) is 6.14. The van der Waals surface area contributed by atoms with Crippen LogP contribution in [-0.4, -0.2) is 27.6 Å². The predicted octanol–water partition coefficient (Wildman–Crippen LogP) is 2.15. The van der Waals surface area contributed by atoms with Crippen molar-refractivity contribution in [3.63, 3.8) is 0 Å². The van der Waals surface area contributed by atoms with Crippen molar-refractivity contribution in [2.45, 2.75) is 13.5 Å². The molecule has 27 heavy (non-hydrogen) atoms. The molecular formula is C20H18N4O3. The standard InChI is InChI=1S/C20H18N4O3/c1-3-8-24(14-5-6-15(20(26)27)17(21)10-14)11-13-4-7-18-16(9-13)19(25)23-12(2)22-18/h1,4-7,9-10H,8,11,21H2,2H3,(H,26,27)(H,22,23,25). The van der Waals surface area contributed by atoms with Gasteiger partial charge < -0.3 is 20.7 Å². The maximum Gasteiger partial charge on any atom is 0.337 e. The van der Waals surface area contributed by atoms with Gasteiger partial charge in [0.05, 0.1) is 23.0 Å². The van der Waals surface area contributed by atoms with E-state index in [1.165, 1.54) is 6.07 Å². The van der Waals surface area contributed by atoms with Gasteiger partial charge in [-0.25, -0.2) is 9.78 Å². The Balaban J connectivity index is 1.96. The number of nitrogens with one attached hydrogen (secondary N) is 1. The lowest BCUT2D eigenvalue weighted by Gasteiger charge is -2.23. The van der Waals surface area contributed by atoms with E-state index in [1.54, 1.807) is 31.2 Å². The number of aromatic carboxylic acids is 1. The van der Waals surface area contributed by atoms with Gasteiger partial charge in [-0.3, -0.25) is 4.79 Å². The highest BCUT2D eigenvalue weighted by Gasteiger charge is 2.13. The highest BCUT2D eigenvalue weighted by molar-refractivity contribution is 5.94. The molecule has 0 unspecified atom stereocenters. The molecule has 0 aliphatic carbocycles. The third-order valence-electron chi connectivity index (χ3n) is 4.17. The zero-order valence-electron chi connectivity index (χ0n) is 14.7. The first-order chi connectivity index (χ1) is 12.9. The maximum absolute atomic E-state index is 12.2. The van der Waals surface area contributed by atoms with E-state index in [2.05, 4.69) is 15.9 Å². The number of nitrogens with zero attached hydrogens (tertiary/aromatic N) is 2. The van der Waals surface area contributed by atoms with Crippen LogP contribution in [0.15, 0.2) is 41.2 Å². The maximum atomic E-state index is 12.2. The Bertz CT molecular complexity index is 1130. The average molecular weight is 362 g/mol. The molecule has 0 aliphatic rings. The lowest BCUT2D eigenvalue weighted by Crippen LogP contribution is -2.23. The number of nitrogens with two attached hydrogens (primary N) is 1. The molecule has 0 amide bonds. The fourth-order valence-corrected chi connectivity index (χ4v) is 2.91.